The summed E-state index contributed by atoms with van der Waals surface area (Å²) in [5.74, 6) is -0.165. The van der Waals surface area contributed by atoms with E-state index < -0.39 is 0 Å². The van der Waals surface area contributed by atoms with Crippen molar-refractivity contribution >= 4 is 49.1 Å². The highest BCUT2D eigenvalue weighted by Gasteiger charge is 2.09. The van der Waals surface area contributed by atoms with E-state index in [2.05, 4.69) is 31.2 Å². The van der Waals surface area contributed by atoms with Crippen LogP contribution in [0.5, 0.6) is 0 Å². The molecule has 6 heteroatoms. The molecule has 0 aliphatic rings. The van der Waals surface area contributed by atoms with E-state index >= 15 is 0 Å². The number of halogens is 1. The fraction of sp³-hybridized carbons (Fsp3) is 0. The van der Waals surface area contributed by atoms with E-state index in [1.54, 1.807) is 47.4 Å². The zero-order valence-corrected chi connectivity index (χ0v) is 12.0. The minimum atomic E-state index is -0.165. The van der Waals surface area contributed by atoms with Gasteiger partial charge in [-0.15, -0.1) is 11.3 Å². The van der Waals surface area contributed by atoms with Gasteiger partial charge in [0.2, 0.25) is 0 Å². The smallest absolute Gasteiger partial charge is 0.255 e. The Kier molecular flexibility index (Phi) is 3.27. The Morgan fingerprint density at radius 3 is 3.05 bits per heavy atom. The van der Waals surface area contributed by atoms with Crippen molar-refractivity contribution in [1.29, 1.82) is 0 Å². The van der Waals surface area contributed by atoms with Gasteiger partial charge in [-0.1, -0.05) is 0 Å². The summed E-state index contributed by atoms with van der Waals surface area (Å²) >= 11 is 4.90. The topological polar surface area (TPSA) is 54.9 Å². The summed E-state index contributed by atoms with van der Waals surface area (Å²) in [4.78, 5) is 20.3. The molecule has 2 aromatic heterocycles. The molecule has 0 aliphatic carbocycles. The quantitative estimate of drug-likeness (QED) is 0.777. The monoisotopic (exact) mass is 333 g/mol. The molecule has 0 unspecified atom stereocenters. The van der Waals surface area contributed by atoms with Crippen LogP contribution in [-0.2, 0) is 0 Å². The third-order valence-electron chi connectivity index (χ3n) is 2.61. The van der Waals surface area contributed by atoms with E-state index in [1.807, 2.05) is 6.07 Å². The molecule has 0 fully saturated rings. The number of carbonyl (C=O) groups is 1. The van der Waals surface area contributed by atoms with Crippen molar-refractivity contribution in [2.45, 2.75) is 0 Å². The van der Waals surface area contributed by atoms with E-state index in [4.69, 9.17) is 0 Å². The van der Waals surface area contributed by atoms with Gasteiger partial charge in [0.1, 0.15) is 0 Å². The second-order valence-corrected chi connectivity index (χ2v) is 5.59. The number of anilines is 1. The molecule has 3 rings (SSSR count). The van der Waals surface area contributed by atoms with Crippen LogP contribution < -0.4 is 5.32 Å². The molecule has 94 valence electrons. The predicted octanol–water partition coefficient (Wildman–Crippen LogP) is 3.71. The van der Waals surface area contributed by atoms with Gasteiger partial charge >= 0.3 is 0 Å². The molecule has 1 aromatic carbocycles. The SMILES string of the molecule is O=C(Nc1ccncc1Br)c1ccc2scnc2c1. The molecule has 0 bridgehead atoms. The Bertz CT molecular complexity index is 756. The molecular weight excluding hydrogens is 326 g/mol. The van der Waals surface area contributed by atoms with Gasteiger partial charge in [-0.2, -0.15) is 0 Å². The summed E-state index contributed by atoms with van der Waals surface area (Å²) in [6, 6.07) is 7.23. The van der Waals surface area contributed by atoms with Crippen molar-refractivity contribution in [1.82, 2.24) is 9.97 Å². The standard InChI is InChI=1S/C13H8BrN3OS/c14-9-6-15-4-3-10(9)17-13(18)8-1-2-12-11(5-8)16-7-19-12/h1-7H,(H,15,17,18). The molecule has 3 aromatic rings. The van der Waals surface area contributed by atoms with Crippen LogP contribution in [-0.4, -0.2) is 15.9 Å². The highest BCUT2D eigenvalue weighted by atomic mass is 79.9. The lowest BCUT2D eigenvalue weighted by atomic mass is 10.2. The number of benzene rings is 1. The summed E-state index contributed by atoms with van der Waals surface area (Å²) in [5.41, 5.74) is 3.89. The lowest BCUT2D eigenvalue weighted by molar-refractivity contribution is 0.102. The van der Waals surface area contributed by atoms with Crippen molar-refractivity contribution in [2.75, 3.05) is 5.32 Å². The minimum absolute atomic E-state index is 0.165. The summed E-state index contributed by atoms with van der Waals surface area (Å²) < 4.78 is 1.82. The molecule has 1 amide bonds. The Balaban J connectivity index is 1.89. The number of hydrogen-bond donors (Lipinski definition) is 1. The summed E-state index contributed by atoms with van der Waals surface area (Å²) in [7, 11) is 0. The van der Waals surface area contributed by atoms with Gasteiger partial charge in [0, 0.05) is 18.0 Å². The first kappa shape index (κ1) is 12.3. The number of fused-ring (bicyclic) bond motifs is 1. The van der Waals surface area contributed by atoms with Gasteiger partial charge in [0.05, 0.1) is 25.9 Å². The van der Waals surface area contributed by atoms with Crippen LogP contribution >= 0.6 is 27.3 Å². The number of hydrogen-bond acceptors (Lipinski definition) is 4. The molecule has 0 atom stereocenters. The van der Waals surface area contributed by atoms with Crippen LogP contribution in [0.4, 0.5) is 5.69 Å². The average Bonchev–Trinajstić information content (AvgIpc) is 2.88. The highest BCUT2D eigenvalue weighted by Crippen LogP contribution is 2.22. The fourth-order valence-electron chi connectivity index (χ4n) is 1.67. The van der Waals surface area contributed by atoms with E-state index in [0.717, 1.165) is 14.7 Å². The maximum Gasteiger partial charge on any atom is 0.255 e. The van der Waals surface area contributed by atoms with Crippen molar-refractivity contribution in [3.8, 4) is 0 Å². The fourth-order valence-corrected chi connectivity index (χ4v) is 2.68. The molecule has 19 heavy (non-hydrogen) atoms. The number of aromatic nitrogens is 2. The summed E-state index contributed by atoms with van der Waals surface area (Å²) in [6.45, 7) is 0. The molecule has 2 heterocycles. The maximum atomic E-state index is 12.2. The third kappa shape index (κ3) is 2.50. The Hall–Kier alpha value is -1.79. The number of rotatable bonds is 2. The minimum Gasteiger partial charge on any atom is -0.321 e. The zero-order valence-electron chi connectivity index (χ0n) is 9.63. The van der Waals surface area contributed by atoms with E-state index in [1.165, 1.54) is 0 Å². The van der Waals surface area contributed by atoms with Crippen LogP contribution in [0.1, 0.15) is 10.4 Å². The van der Waals surface area contributed by atoms with E-state index in [-0.39, 0.29) is 5.91 Å². The third-order valence-corrected chi connectivity index (χ3v) is 4.06. The maximum absolute atomic E-state index is 12.2. The summed E-state index contributed by atoms with van der Waals surface area (Å²) in [5, 5.41) is 2.83. The first-order valence-electron chi connectivity index (χ1n) is 5.48. The van der Waals surface area contributed by atoms with Crippen LogP contribution in [0.3, 0.4) is 0 Å². The van der Waals surface area contributed by atoms with Gasteiger partial charge < -0.3 is 5.32 Å². The number of pyridine rings is 1. The van der Waals surface area contributed by atoms with Crippen molar-refractivity contribution in [3.05, 3.63) is 52.2 Å². The lowest BCUT2D eigenvalue weighted by Gasteiger charge is -2.06. The van der Waals surface area contributed by atoms with E-state index in [9.17, 15) is 4.79 Å². The Labute approximate surface area is 121 Å². The summed E-state index contributed by atoms with van der Waals surface area (Å²) in [6.07, 6.45) is 3.27. The Morgan fingerprint density at radius 2 is 2.21 bits per heavy atom. The molecule has 0 radical (unpaired) electrons. The number of amides is 1. The molecule has 1 N–H and O–H groups in total. The zero-order chi connectivity index (χ0) is 13.2. The van der Waals surface area contributed by atoms with Crippen LogP contribution in [0.2, 0.25) is 0 Å². The molecular formula is C13H8BrN3OS. The molecule has 0 saturated carbocycles. The van der Waals surface area contributed by atoms with Gasteiger partial charge in [-0.3, -0.25) is 9.78 Å². The second-order valence-electron chi connectivity index (χ2n) is 3.84. The van der Waals surface area contributed by atoms with Gasteiger partial charge in [-0.05, 0) is 40.2 Å². The molecule has 4 nitrogen and oxygen atoms in total. The first-order chi connectivity index (χ1) is 9.24. The van der Waals surface area contributed by atoms with Gasteiger partial charge in [0.15, 0.2) is 0 Å². The second kappa shape index (κ2) is 5.07. The normalized spacial score (nSPS) is 10.6. The molecule has 0 saturated heterocycles. The van der Waals surface area contributed by atoms with Gasteiger partial charge in [0.25, 0.3) is 5.91 Å². The lowest BCUT2D eigenvalue weighted by Crippen LogP contribution is -2.12. The predicted molar refractivity (Wildman–Crippen MR) is 79.5 cm³/mol. The van der Waals surface area contributed by atoms with E-state index in [0.29, 0.717) is 11.3 Å². The van der Waals surface area contributed by atoms with Crippen molar-refractivity contribution in [2.24, 2.45) is 0 Å². The van der Waals surface area contributed by atoms with Crippen LogP contribution in [0, 0.1) is 0 Å². The van der Waals surface area contributed by atoms with Crippen molar-refractivity contribution < 1.29 is 4.79 Å². The average molecular weight is 334 g/mol. The van der Waals surface area contributed by atoms with Crippen LogP contribution in [0.25, 0.3) is 10.2 Å². The number of nitrogens with zero attached hydrogens (tertiary/aromatic N) is 2. The Morgan fingerprint density at radius 1 is 1.32 bits per heavy atom. The first-order valence-corrected chi connectivity index (χ1v) is 7.15. The largest absolute Gasteiger partial charge is 0.321 e. The number of nitrogens with one attached hydrogen (secondary N) is 1. The molecule has 0 aliphatic heterocycles. The number of thiazole rings is 1. The van der Waals surface area contributed by atoms with Gasteiger partial charge in [-0.25, -0.2) is 4.98 Å². The highest BCUT2D eigenvalue weighted by molar-refractivity contribution is 9.10. The molecule has 0 spiro atoms. The van der Waals surface area contributed by atoms with Crippen molar-refractivity contribution in [3.63, 3.8) is 0 Å². The number of carbonyl (C=O) groups excluding carboxylic acids is 1. The van der Waals surface area contributed by atoms with Crippen LogP contribution in [0.15, 0.2) is 46.6 Å².